The number of hydrogen-bond donors (Lipinski definition) is 0. The van der Waals surface area contributed by atoms with E-state index in [-0.39, 0.29) is 5.82 Å². The first-order chi connectivity index (χ1) is 14.6. The predicted octanol–water partition coefficient (Wildman–Crippen LogP) is 5.46. The Kier molecular flexibility index (Phi) is 4.90. The van der Waals surface area contributed by atoms with Gasteiger partial charge in [0.25, 0.3) is 5.22 Å². The minimum atomic E-state index is -0.241. The number of aromatic nitrogens is 4. The van der Waals surface area contributed by atoms with Crippen molar-refractivity contribution >= 4 is 11.8 Å². The first-order valence-corrected chi connectivity index (χ1v) is 11.0. The highest BCUT2D eigenvalue weighted by molar-refractivity contribution is 7.98. The van der Waals surface area contributed by atoms with Crippen LogP contribution in [0.2, 0.25) is 0 Å². The van der Waals surface area contributed by atoms with E-state index in [1.54, 1.807) is 12.1 Å². The molecular formula is C23H21FN4OS. The van der Waals surface area contributed by atoms with Crippen molar-refractivity contribution in [1.29, 1.82) is 0 Å². The zero-order valence-corrected chi connectivity index (χ0v) is 17.7. The highest BCUT2D eigenvalue weighted by atomic mass is 32.2. The average molecular weight is 421 g/mol. The largest absolute Gasteiger partial charge is 0.411 e. The number of fused-ring (bicyclic) bond motifs is 1. The van der Waals surface area contributed by atoms with Gasteiger partial charge < -0.3 is 4.42 Å². The number of hydrogen-bond acceptors (Lipinski definition) is 5. The Morgan fingerprint density at radius 2 is 1.90 bits per heavy atom. The van der Waals surface area contributed by atoms with Crippen LogP contribution in [-0.4, -0.2) is 20.0 Å². The third-order valence-corrected chi connectivity index (χ3v) is 6.27. The second-order valence-corrected chi connectivity index (χ2v) is 8.52. The molecule has 0 radical (unpaired) electrons. The number of nitrogens with zero attached hydrogens (tertiary/aromatic N) is 4. The van der Waals surface area contributed by atoms with Gasteiger partial charge in [0.1, 0.15) is 5.82 Å². The lowest BCUT2D eigenvalue weighted by Crippen LogP contribution is -2.01. The fourth-order valence-corrected chi connectivity index (χ4v) is 4.71. The van der Waals surface area contributed by atoms with Crippen LogP contribution in [0.5, 0.6) is 0 Å². The summed E-state index contributed by atoms with van der Waals surface area (Å²) in [6.45, 7) is 4.11. The van der Waals surface area contributed by atoms with E-state index >= 15 is 0 Å². The summed E-state index contributed by atoms with van der Waals surface area (Å²) in [5, 5.41) is 13.8. The van der Waals surface area contributed by atoms with Gasteiger partial charge >= 0.3 is 0 Å². The molecule has 0 fully saturated rings. The fraction of sp³-hybridized carbons (Fsp3) is 0.261. The second kappa shape index (κ2) is 7.72. The van der Waals surface area contributed by atoms with Crippen molar-refractivity contribution < 1.29 is 8.81 Å². The van der Waals surface area contributed by atoms with Crippen molar-refractivity contribution in [2.45, 2.75) is 44.1 Å². The summed E-state index contributed by atoms with van der Waals surface area (Å²) in [6.07, 6.45) is 3.12. The maximum atomic E-state index is 13.3. The van der Waals surface area contributed by atoms with Crippen molar-refractivity contribution in [3.63, 3.8) is 0 Å². The molecular weight excluding hydrogens is 399 g/mol. The molecule has 30 heavy (non-hydrogen) atoms. The van der Waals surface area contributed by atoms with E-state index in [9.17, 15) is 4.39 Å². The average Bonchev–Trinajstić information content (AvgIpc) is 3.44. The monoisotopic (exact) mass is 420 g/mol. The van der Waals surface area contributed by atoms with Gasteiger partial charge in [-0.1, -0.05) is 29.5 Å². The molecule has 0 atom stereocenters. The first-order valence-electron chi connectivity index (χ1n) is 9.98. The lowest BCUT2D eigenvalue weighted by Gasteiger charge is -2.05. The third-order valence-electron chi connectivity index (χ3n) is 5.44. The summed E-state index contributed by atoms with van der Waals surface area (Å²) in [5.41, 5.74) is 7.71. The topological polar surface area (TPSA) is 56.7 Å². The maximum Gasteiger partial charge on any atom is 0.277 e. The van der Waals surface area contributed by atoms with Crippen molar-refractivity contribution in [2.24, 2.45) is 0 Å². The van der Waals surface area contributed by atoms with Crippen LogP contribution in [-0.2, 0) is 18.6 Å². The van der Waals surface area contributed by atoms with Gasteiger partial charge in [-0.2, -0.15) is 5.10 Å². The van der Waals surface area contributed by atoms with Crippen LogP contribution < -0.4 is 0 Å². The van der Waals surface area contributed by atoms with Gasteiger partial charge in [0.05, 0.1) is 11.4 Å². The van der Waals surface area contributed by atoms with Gasteiger partial charge in [0.2, 0.25) is 5.89 Å². The molecule has 152 valence electrons. The Morgan fingerprint density at radius 3 is 2.70 bits per heavy atom. The molecule has 0 aliphatic heterocycles. The van der Waals surface area contributed by atoms with Crippen molar-refractivity contribution in [3.05, 3.63) is 76.4 Å². The van der Waals surface area contributed by atoms with E-state index in [2.05, 4.69) is 23.2 Å². The standard InChI is InChI=1S/C23H21FN4OS/c1-14-6-11-18(15(2)12-14)22-25-26-23(29-22)30-13-20-19-4-3-5-21(19)28(27-20)17-9-7-16(24)8-10-17/h6-12H,3-5,13H2,1-2H3. The quantitative estimate of drug-likeness (QED) is 0.401. The summed E-state index contributed by atoms with van der Waals surface area (Å²) in [6, 6.07) is 12.7. The Bertz CT molecular complexity index is 1210. The molecule has 0 amide bonds. The molecule has 2 heterocycles. The minimum absolute atomic E-state index is 0.241. The number of halogens is 1. The SMILES string of the molecule is Cc1ccc(-c2nnc(SCc3nn(-c4ccc(F)cc4)c4c3CCC4)o2)c(C)c1. The van der Waals surface area contributed by atoms with Crippen LogP contribution >= 0.6 is 11.8 Å². The van der Waals surface area contributed by atoms with Crippen molar-refractivity contribution in [1.82, 2.24) is 20.0 Å². The summed E-state index contributed by atoms with van der Waals surface area (Å²) in [7, 11) is 0. The summed E-state index contributed by atoms with van der Waals surface area (Å²) < 4.78 is 21.2. The zero-order chi connectivity index (χ0) is 20.7. The van der Waals surface area contributed by atoms with Gasteiger partial charge in [-0.3, -0.25) is 0 Å². The molecule has 7 heteroatoms. The molecule has 0 saturated carbocycles. The van der Waals surface area contributed by atoms with E-state index in [4.69, 9.17) is 9.52 Å². The smallest absolute Gasteiger partial charge is 0.277 e. The van der Waals surface area contributed by atoms with Crippen LogP contribution in [0.15, 0.2) is 52.1 Å². The maximum absolute atomic E-state index is 13.3. The lowest BCUT2D eigenvalue weighted by molar-refractivity contribution is 0.465. The van der Waals surface area contributed by atoms with E-state index < -0.39 is 0 Å². The molecule has 5 nitrogen and oxygen atoms in total. The molecule has 1 aliphatic rings. The zero-order valence-electron chi connectivity index (χ0n) is 16.9. The van der Waals surface area contributed by atoms with Gasteiger partial charge in [0, 0.05) is 17.0 Å². The van der Waals surface area contributed by atoms with Crippen LogP contribution in [0.25, 0.3) is 17.1 Å². The molecule has 2 aromatic carbocycles. The Morgan fingerprint density at radius 1 is 1.07 bits per heavy atom. The minimum Gasteiger partial charge on any atom is -0.411 e. The van der Waals surface area contributed by atoms with E-state index in [0.29, 0.717) is 16.9 Å². The number of benzene rings is 2. The Labute approximate surface area is 178 Å². The molecule has 5 rings (SSSR count). The molecule has 1 aliphatic carbocycles. The Balaban J connectivity index is 1.37. The molecule has 4 aromatic rings. The van der Waals surface area contributed by atoms with Gasteiger partial charge in [-0.15, -0.1) is 10.2 Å². The fourth-order valence-electron chi connectivity index (χ4n) is 3.99. The van der Waals surface area contributed by atoms with Crippen LogP contribution in [0, 0.1) is 19.7 Å². The number of thioether (sulfide) groups is 1. The van der Waals surface area contributed by atoms with E-state index in [1.165, 1.54) is 40.7 Å². The van der Waals surface area contributed by atoms with Crippen LogP contribution in [0.3, 0.4) is 0 Å². The second-order valence-electron chi connectivity index (χ2n) is 7.59. The lowest BCUT2D eigenvalue weighted by atomic mass is 10.1. The van der Waals surface area contributed by atoms with Crippen LogP contribution in [0.1, 0.15) is 34.5 Å². The third kappa shape index (κ3) is 3.54. The number of aryl methyl sites for hydroxylation is 2. The highest BCUT2D eigenvalue weighted by Gasteiger charge is 2.24. The van der Waals surface area contributed by atoms with Gasteiger partial charge in [-0.05, 0) is 74.6 Å². The normalized spacial score (nSPS) is 13.0. The molecule has 0 unspecified atom stereocenters. The summed E-state index contributed by atoms with van der Waals surface area (Å²) >= 11 is 1.50. The van der Waals surface area contributed by atoms with Crippen LogP contribution in [0.4, 0.5) is 4.39 Å². The molecule has 0 saturated heterocycles. The summed E-state index contributed by atoms with van der Waals surface area (Å²) in [4.78, 5) is 0. The molecule has 0 spiro atoms. The first kappa shape index (κ1) is 19.1. The highest BCUT2D eigenvalue weighted by Crippen LogP contribution is 2.32. The van der Waals surface area contributed by atoms with Gasteiger partial charge in [0.15, 0.2) is 0 Å². The van der Waals surface area contributed by atoms with Crippen molar-refractivity contribution in [2.75, 3.05) is 0 Å². The summed E-state index contributed by atoms with van der Waals surface area (Å²) in [5.74, 6) is 0.955. The van der Waals surface area contributed by atoms with E-state index in [0.717, 1.165) is 41.8 Å². The molecule has 0 N–H and O–H groups in total. The van der Waals surface area contributed by atoms with E-state index in [1.807, 2.05) is 23.7 Å². The number of rotatable bonds is 5. The van der Waals surface area contributed by atoms with Gasteiger partial charge in [-0.25, -0.2) is 9.07 Å². The molecule has 2 aromatic heterocycles. The Hall–Kier alpha value is -2.93. The predicted molar refractivity (Wildman–Crippen MR) is 114 cm³/mol. The molecule has 0 bridgehead atoms. The van der Waals surface area contributed by atoms with Crippen molar-refractivity contribution in [3.8, 4) is 17.1 Å².